The average molecular weight is 245 g/mol. The van der Waals surface area contributed by atoms with E-state index in [1.807, 2.05) is 12.1 Å². The topological polar surface area (TPSA) is 30.5 Å². The van der Waals surface area contributed by atoms with Crippen LogP contribution in [0.1, 0.15) is 18.4 Å². The Morgan fingerprint density at radius 1 is 1.22 bits per heavy atom. The zero-order chi connectivity index (χ0) is 12.8. The van der Waals surface area contributed by atoms with Gasteiger partial charge >= 0.3 is 0 Å². The summed E-state index contributed by atoms with van der Waals surface area (Å²) in [4.78, 5) is 0. The van der Waals surface area contributed by atoms with Crippen molar-refractivity contribution in [3.8, 4) is 5.75 Å². The molecule has 2 rings (SSSR count). The highest BCUT2D eigenvalue weighted by Crippen LogP contribution is 2.22. The molecule has 3 heteroatoms. The van der Waals surface area contributed by atoms with Gasteiger partial charge in [0.2, 0.25) is 0 Å². The van der Waals surface area contributed by atoms with E-state index in [0.717, 1.165) is 35.5 Å². The molecule has 0 amide bonds. The number of allylic oxidation sites excluding steroid dienone is 2. The Balaban J connectivity index is 1.99. The van der Waals surface area contributed by atoms with E-state index in [1.54, 1.807) is 7.11 Å². The van der Waals surface area contributed by atoms with Crippen LogP contribution in [0.5, 0.6) is 5.75 Å². The second-order valence-corrected chi connectivity index (χ2v) is 4.25. The zero-order valence-corrected chi connectivity index (χ0v) is 10.7. The van der Waals surface area contributed by atoms with Crippen LogP contribution < -0.4 is 10.1 Å². The minimum absolute atomic E-state index is 0.577. The molecule has 1 aromatic rings. The molecule has 0 fully saturated rings. The summed E-state index contributed by atoms with van der Waals surface area (Å²) in [6, 6.07) is 8.06. The highest BCUT2D eigenvalue weighted by atomic mass is 16.5. The maximum absolute atomic E-state index is 5.53. The van der Waals surface area contributed by atoms with Gasteiger partial charge in [0.05, 0.1) is 6.61 Å². The Morgan fingerprint density at radius 2 is 2.00 bits per heavy atom. The lowest BCUT2D eigenvalue weighted by atomic mass is 10.1. The molecule has 0 aliphatic carbocycles. The third-order valence-corrected chi connectivity index (χ3v) is 2.83. The van der Waals surface area contributed by atoms with Gasteiger partial charge in [-0.1, -0.05) is 12.7 Å². The van der Waals surface area contributed by atoms with Crippen molar-refractivity contribution >= 4 is 5.70 Å². The number of ether oxygens (including phenoxy) is 2. The predicted molar refractivity (Wildman–Crippen MR) is 73.3 cm³/mol. The molecule has 0 bridgehead atoms. The van der Waals surface area contributed by atoms with Crippen LogP contribution in [0, 0.1) is 0 Å². The number of rotatable bonds is 5. The summed E-state index contributed by atoms with van der Waals surface area (Å²) in [6.45, 7) is 5.15. The molecule has 0 spiro atoms. The number of hydrogen-bond donors (Lipinski definition) is 1. The smallest absolute Gasteiger partial charge is 0.119 e. The Bertz CT molecular complexity index is 434. The molecular weight excluding hydrogens is 226 g/mol. The number of hydrogen-bond acceptors (Lipinski definition) is 3. The van der Waals surface area contributed by atoms with Crippen molar-refractivity contribution < 1.29 is 9.47 Å². The fourth-order valence-corrected chi connectivity index (χ4v) is 1.86. The molecule has 18 heavy (non-hydrogen) atoms. The van der Waals surface area contributed by atoms with Gasteiger partial charge in [-0.25, -0.2) is 0 Å². The second-order valence-electron chi connectivity index (χ2n) is 4.25. The number of nitrogens with one attached hydrogen (secondary N) is 1. The van der Waals surface area contributed by atoms with Crippen LogP contribution in [0.4, 0.5) is 0 Å². The lowest BCUT2D eigenvalue weighted by Crippen LogP contribution is -2.14. The van der Waals surface area contributed by atoms with E-state index in [0.29, 0.717) is 13.2 Å². The number of benzene rings is 1. The maximum Gasteiger partial charge on any atom is 0.119 e. The van der Waals surface area contributed by atoms with Gasteiger partial charge in [-0.05, 0) is 42.7 Å². The second kappa shape index (κ2) is 6.26. The minimum Gasteiger partial charge on any atom is -0.491 e. The zero-order valence-electron chi connectivity index (χ0n) is 10.7. The van der Waals surface area contributed by atoms with Crippen LogP contribution in [0.25, 0.3) is 5.70 Å². The van der Waals surface area contributed by atoms with Crippen LogP contribution in [0.3, 0.4) is 0 Å². The van der Waals surface area contributed by atoms with Crippen LogP contribution in [-0.4, -0.2) is 20.3 Å². The summed E-state index contributed by atoms with van der Waals surface area (Å²) in [5.41, 5.74) is 3.37. The molecule has 0 saturated heterocycles. The summed E-state index contributed by atoms with van der Waals surface area (Å²) < 4.78 is 10.5. The van der Waals surface area contributed by atoms with E-state index in [-0.39, 0.29) is 0 Å². The molecule has 1 aliphatic heterocycles. The highest BCUT2D eigenvalue weighted by molar-refractivity contribution is 5.66. The third kappa shape index (κ3) is 3.37. The first-order chi connectivity index (χ1) is 8.79. The van der Waals surface area contributed by atoms with Crippen LogP contribution >= 0.6 is 0 Å². The standard InChI is InChI=1S/C15H19NO2/c1-12-4-3-5-15(16-12)13-6-8-14(9-7-13)18-11-10-17-2/h5-9,16H,1,3-4,10-11H2,2H3. The van der Waals surface area contributed by atoms with E-state index in [2.05, 4.69) is 30.1 Å². The Morgan fingerprint density at radius 3 is 2.67 bits per heavy atom. The molecule has 1 heterocycles. The largest absolute Gasteiger partial charge is 0.491 e. The summed E-state index contributed by atoms with van der Waals surface area (Å²) >= 11 is 0. The summed E-state index contributed by atoms with van der Waals surface area (Å²) in [5, 5.41) is 3.31. The third-order valence-electron chi connectivity index (χ3n) is 2.83. The minimum atomic E-state index is 0.577. The monoisotopic (exact) mass is 245 g/mol. The van der Waals surface area contributed by atoms with Crippen molar-refractivity contribution in [2.24, 2.45) is 0 Å². The van der Waals surface area contributed by atoms with Gasteiger partial charge < -0.3 is 14.8 Å². The van der Waals surface area contributed by atoms with Crippen molar-refractivity contribution in [2.75, 3.05) is 20.3 Å². The lowest BCUT2D eigenvalue weighted by Gasteiger charge is -2.18. The molecule has 96 valence electrons. The molecule has 1 aromatic carbocycles. The molecule has 0 unspecified atom stereocenters. The van der Waals surface area contributed by atoms with Crippen molar-refractivity contribution in [1.82, 2.24) is 5.32 Å². The molecular formula is C15H19NO2. The molecule has 0 aromatic heterocycles. The quantitative estimate of drug-likeness (QED) is 0.809. The molecule has 1 N–H and O–H groups in total. The maximum atomic E-state index is 5.53. The average Bonchev–Trinajstić information content (AvgIpc) is 2.40. The summed E-state index contributed by atoms with van der Waals surface area (Å²) in [7, 11) is 1.67. The lowest BCUT2D eigenvalue weighted by molar-refractivity contribution is 0.146. The van der Waals surface area contributed by atoms with Gasteiger partial charge in [0.15, 0.2) is 0 Å². The van der Waals surface area contributed by atoms with E-state index in [1.165, 1.54) is 0 Å². The predicted octanol–water partition coefficient (Wildman–Crippen LogP) is 2.95. The van der Waals surface area contributed by atoms with Gasteiger partial charge in [-0.15, -0.1) is 0 Å². The highest BCUT2D eigenvalue weighted by Gasteiger charge is 2.07. The van der Waals surface area contributed by atoms with Crippen LogP contribution in [0.2, 0.25) is 0 Å². The van der Waals surface area contributed by atoms with Crippen molar-refractivity contribution in [3.05, 3.63) is 48.2 Å². The Kier molecular flexibility index (Phi) is 4.42. The first-order valence-electron chi connectivity index (χ1n) is 6.17. The fourth-order valence-electron chi connectivity index (χ4n) is 1.86. The Hall–Kier alpha value is -1.74. The molecule has 3 nitrogen and oxygen atoms in total. The van der Waals surface area contributed by atoms with E-state index in [9.17, 15) is 0 Å². The molecule has 0 atom stereocenters. The normalized spacial score (nSPS) is 14.9. The molecule has 1 aliphatic rings. The van der Waals surface area contributed by atoms with Crippen molar-refractivity contribution in [3.63, 3.8) is 0 Å². The molecule has 0 saturated carbocycles. The summed E-state index contributed by atoms with van der Waals surface area (Å²) in [5.74, 6) is 0.867. The number of methoxy groups -OCH3 is 1. The fraction of sp³-hybridized carbons (Fsp3) is 0.333. The van der Waals surface area contributed by atoms with Gasteiger partial charge in [-0.2, -0.15) is 0 Å². The van der Waals surface area contributed by atoms with E-state index < -0.39 is 0 Å². The molecule has 0 radical (unpaired) electrons. The summed E-state index contributed by atoms with van der Waals surface area (Å²) in [6.07, 6.45) is 4.27. The van der Waals surface area contributed by atoms with Crippen molar-refractivity contribution in [2.45, 2.75) is 12.8 Å². The first kappa shape index (κ1) is 12.7. The van der Waals surface area contributed by atoms with Gasteiger partial charge in [0.1, 0.15) is 12.4 Å². The van der Waals surface area contributed by atoms with E-state index in [4.69, 9.17) is 9.47 Å². The SMILES string of the molecule is C=C1CCC=C(c2ccc(OCCOC)cc2)N1. The van der Waals surface area contributed by atoms with Crippen LogP contribution in [0.15, 0.2) is 42.6 Å². The van der Waals surface area contributed by atoms with Gasteiger partial charge in [0, 0.05) is 18.5 Å². The Labute approximate surface area is 108 Å². The van der Waals surface area contributed by atoms with Crippen molar-refractivity contribution in [1.29, 1.82) is 0 Å². The van der Waals surface area contributed by atoms with E-state index >= 15 is 0 Å². The van der Waals surface area contributed by atoms with Gasteiger partial charge in [0.25, 0.3) is 0 Å². The van der Waals surface area contributed by atoms with Crippen LogP contribution in [-0.2, 0) is 4.74 Å². The first-order valence-corrected chi connectivity index (χ1v) is 6.17. The van der Waals surface area contributed by atoms with Gasteiger partial charge in [-0.3, -0.25) is 0 Å².